The fraction of sp³-hybridized carbons (Fsp3) is 0.200. The highest BCUT2D eigenvalue weighted by molar-refractivity contribution is 7.17. The van der Waals surface area contributed by atoms with Crippen molar-refractivity contribution in [3.05, 3.63) is 65.7 Å². The van der Waals surface area contributed by atoms with E-state index in [2.05, 4.69) is 30.5 Å². The Labute approximate surface area is 237 Å². The van der Waals surface area contributed by atoms with E-state index in [1.165, 1.54) is 24.3 Å². The van der Waals surface area contributed by atoms with Crippen LogP contribution in [0.4, 0.5) is 10.1 Å². The van der Waals surface area contributed by atoms with E-state index in [1.54, 1.807) is 30.7 Å². The maximum absolute atomic E-state index is 15.3. The van der Waals surface area contributed by atoms with Gasteiger partial charge in [0.25, 0.3) is 0 Å². The quantitative estimate of drug-likeness (QED) is 0.191. The van der Waals surface area contributed by atoms with Crippen LogP contribution < -0.4 is 5.32 Å². The fourth-order valence-corrected chi connectivity index (χ4v) is 6.31. The van der Waals surface area contributed by atoms with E-state index in [-0.39, 0.29) is 23.1 Å². The summed E-state index contributed by atoms with van der Waals surface area (Å²) in [4.78, 5) is 42.8. The minimum atomic E-state index is -0.491. The molecule has 9 nitrogen and oxygen atoms in total. The lowest BCUT2D eigenvalue weighted by atomic mass is 10.0. The van der Waals surface area contributed by atoms with Crippen molar-refractivity contribution >= 4 is 50.7 Å². The highest BCUT2D eigenvalue weighted by atomic mass is 32.1. The van der Waals surface area contributed by atoms with Crippen molar-refractivity contribution in [2.75, 3.05) is 5.32 Å². The van der Waals surface area contributed by atoms with Gasteiger partial charge < -0.3 is 10.3 Å². The number of aromatic nitrogens is 6. The topological polar surface area (TPSA) is 129 Å². The number of thiophene rings is 1. The van der Waals surface area contributed by atoms with Gasteiger partial charge in [-0.2, -0.15) is 5.10 Å². The van der Waals surface area contributed by atoms with Crippen LogP contribution in [0.3, 0.4) is 0 Å². The highest BCUT2D eigenvalue weighted by Crippen LogP contribution is 2.36. The van der Waals surface area contributed by atoms with Gasteiger partial charge in [-0.25, -0.2) is 9.37 Å². The zero-order valence-electron chi connectivity index (χ0n) is 22.0. The van der Waals surface area contributed by atoms with Crippen LogP contribution >= 0.6 is 11.3 Å². The van der Waals surface area contributed by atoms with Crippen LogP contribution in [0, 0.1) is 11.7 Å². The first-order valence-electron chi connectivity index (χ1n) is 13.3. The van der Waals surface area contributed by atoms with E-state index in [1.807, 2.05) is 18.2 Å². The van der Waals surface area contributed by atoms with E-state index >= 15 is 4.39 Å². The van der Waals surface area contributed by atoms with Crippen molar-refractivity contribution < 1.29 is 14.0 Å². The van der Waals surface area contributed by atoms with Crippen molar-refractivity contribution in [1.82, 2.24) is 30.1 Å². The number of pyridine rings is 2. The van der Waals surface area contributed by atoms with Gasteiger partial charge in [-0.15, -0.1) is 11.3 Å². The number of rotatable bonds is 6. The molecule has 1 aromatic carbocycles. The second kappa shape index (κ2) is 10.0. The molecule has 1 aliphatic carbocycles. The monoisotopic (exact) mass is 565 g/mol. The van der Waals surface area contributed by atoms with Gasteiger partial charge in [0.2, 0.25) is 5.91 Å². The molecule has 7 rings (SSSR count). The highest BCUT2D eigenvalue weighted by Gasteiger charge is 2.23. The molecule has 0 aliphatic heterocycles. The first-order chi connectivity index (χ1) is 19.9. The maximum atomic E-state index is 15.3. The molecule has 41 heavy (non-hydrogen) atoms. The SMILES string of the molecule is CC(=O)c1ccc(-c2nccc3[nH]c(-c4[nH]nc5c(F)cc(-c6cncc(NC(=O)C7CCCC7)c6)cc45)nc23)s1. The Morgan fingerprint density at radius 1 is 1.05 bits per heavy atom. The molecule has 1 fully saturated rings. The van der Waals surface area contributed by atoms with E-state index in [0.717, 1.165) is 36.1 Å². The van der Waals surface area contributed by atoms with Gasteiger partial charge in [0.05, 0.1) is 27.2 Å². The molecular formula is C30H24FN7O2S. The number of nitrogens with zero attached hydrogens (tertiary/aromatic N) is 4. The number of halogens is 1. The number of carbonyl (C=O) groups is 2. The lowest BCUT2D eigenvalue weighted by molar-refractivity contribution is -0.119. The summed E-state index contributed by atoms with van der Waals surface area (Å²) < 4.78 is 15.3. The van der Waals surface area contributed by atoms with Crippen molar-refractivity contribution in [3.63, 3.8) is 0 Å². The summed E-state index contributed by atoms with van der Waals surface area (Å²) in [6, 6.07) is 10.5. The molecular weight excluding hydrogens is 541 g/mol. The zero-order chi connectivity index (χ0) is 28.1. The van der Waals surface area contributed by atoms with E-state index in [9.17, 15) is 9.59 Å². The van der Waals surface area contributed by atoms with Crippen molar-refractivity contribution in [1.29, 1.82) is 0 Å². The van der Waals surface area contributed by atoms with Crippen molar-refractivity contribution in [2.24, 2.45) is 5.92 Å². The Bertz CT molecular complexity index is 1970. The summed E-state index contributed by atoms with van der Waals surface area (Å²) in [6.45, 7) is 1.53. The minimum Gasteiger partial charge on any atom is -0.337 e. The van der Waals surface area contributed by atoms with Crippen LogP contribution in [-0.4, -0.2) is 41.8 Å². The predicted octanol–water partition coefficient (Wildman–Crippen LogP) is 6.76. The van der Waals surface area contributed by atoms with Crippen molar-refractivity contribution in [2.45, 2.75) is 32.6 Å². The van der Waals surface area contributed by atoms with Gasteiger partial charge in [0, 0.05) is 29.3 Å². The first-order valence-corrected chi connectivity index (χ1v) is 14.2. The number of hydrogen-bond donors (Lipinski definition) is 3. The van der Waals surface area contributed by atoms with E-state index < -0.39 is 5.82 Å². The molecule has 0 bridgehead atoms. The third-order valence-corrected chi connectivity index (χ3v) is 8.69. The van der Waals surface area contributed by atoms with Gasteiger partial charge in [0.1, 0.15) is 22.4 Å². The summed E-state index contributed by atoms with van der Waals surface area (Å²) in [7, 11) is 0. The molecule has 0 unspecified atom stereocenters. The number of nitrogens with one attached hydrogen (secondary N) is 3. The van der Waals surface area contributed by atoms with Crippen LogP contribution in [0.1, 0.15) is 42.3 Å². The summed E-state index contributed by atoms with van der Waals surface area (Å²) in [5.41, 5.74) is 4.58. The average molecular weight is 566 g/mol. The molecule has 6 aromatic rings. The summed E-state index contributed by atoms with van der Waals surface area (Å²) in [5, 5.41) is 10.7. The Morgan fingerprint density at radius 2 is 1.90 bits per heavy atom. The largest absolute Gasteiger partial charge is 0.337 e. The van der Waals surface area contributed by atoms with Gasteiger partial charge >= 0.3 is 0 Å². The van der Waals surface area contributed by atoms with Crippen molar-refractivity contribution in [3.8, 4) is 33.2 Å². The summed E-state index contributed by atoms with van der Waals surface area (Å²) >= 11 is 1.36. The van der Waals surface area contributed by atoms with E-state index in [4.69, 9.17) is 4.98 Å². The molecule has 3 N–H and O–H groups in total. The zero-order valence-corrected chi connectivity index (χ0v) is 22.8. The maximum Gasteiger partial charge on any atom is 0.227 e. The molecule has 5 aromatic heterocycles. The molecule has 11 heteroatoms. The molecule has 0 spiro atoms. The van der Waals surface area contributed by atoms with Crippen LogP contribution in [0.15, 0.2) is 55.0 Å². The number of aromatic amines is 2. The molecule has 0 saturated heterocycles. The Hall–Kier alpha value is -4.77. The lowest BCUT2D eigenvalue weighted by Gasteiger charge is -2.11. The second-order valence-corrected chi connectivity index (χ2v) is 11.3. The van der Waals surface area contributed by atoms with Gasteiger partial charge in [-0.1, -0.05) is 12.8 Å². The molecule has 1 amide bonds. The third-order valence-electron chi connectivity index (χ3n) is 7.50. The normalized spacial score (nSPS) is 13.8. The Morgan fingerprint density at radius 3 is 2.71 bits per heavy atom. The number of fused-ring (bicyclic) bond motifs is 2. The number of hydrogen-bond acceptors (Lipinski definition) is 7. The number of imidazole rings is 1. The van der Waals surface area contributed by atoms with Crippen LogP contribution in [0.5, 0.6) is 0 Å². The van der Waals surface area contributed by atoms with Gasteiger partial charge in [-0.3, -0.25) is 24.7 Å². The van der Waals surface area contributed by atoms with Crippen LogP contribution in [-0.2, 0) is 4.79 Å². The molecule has 0 atom stereocenters. The molecule has 0 radical (unpaired) electrons. The summed E-state index contributed by atoms with van der Waals surface area (Å²) in [6.07, 6.45) is 8.86. The number of benzene rings is 1. The number of amides is 1. The Balaban J connectivity index is 1.26. The number of anilines is 1. The summed E-state index contributed by atoms with van der Waals surface area (Å²) in [5.74, 6) is 0.00636. The molecule has 1 aliphatic rings. The van der Waals surface area contributed by atoms with Crippen LogP contribution in [0.2, 0.25) is 0 Å². The first kappa shape index (κ1) is 25.2. The molecule has 204 valence electrons. The minimum absolute atomic E-state index is 0.000913. The Kier molecular flexibility index (Phi) is 6.15. The van der Waals surface area contributed by atoms with Crippen LogP contribution in [0.25, 0.3) is 55.2 Å². The number of carbonyl (C=O) groups excluding carboxylic acids is 2. The second-order valence-electron chi connectivity index (χ2n) is 10.2. The fourth-order valence-electron chi connectivity index (χ4n) is 5.41. The molecule has 5 heterocycles. The van der Waals surface area contributed by atoms with E-state index in [0.29, 0.717) is 49.8 Å². The third kappa shape index (κ3) is 4.57. The average Bonchev–Trinajstić information content (AvgIpc) is 3.78. The standard InChI is InChI=1S/C30H24FN7O2S/c1-15(39)23-6-7-24(41-23)28-27-22(8-9-33-28)35-29(36-27)26-20-11-17(12-21(31)25(20)37-38-26)18-10-19(14-32-13-18)34-30(40)16-4-2-3-5-16/h6-14,16H,2-5H2,1H3,(H,34,40)(H,35,36)(H,37,38). The smallest absolute Gasteiger partial charge is 0.227 e. The van der Waals surface area contributed by atoms with Gasteiger partial charge in [-0.05, 0) is 61.7 Å². The number of Topliss-reactive ketones (excluding diaryl/α,β-unsaturated/α-hetero) is 1. The van der Waals surface area contributed by atoms with Gasteiger partial charge in [0.15, 0.2) is 17.4 Å². The molecule has 1 saturated carbocycles. The number of ketones is 1. The lowest BCUT2D eigenvalue weighted by Crippen LogP contribution is -2.20. The predicted molar refractivity (Wildman–Crippen MR) is 156 cm³/mol. The number of H-pyrrole nitrogens is 2.